The first-order valence-electron chi connectivity index (χ1n) is 19.8. The Labute approximate surface area is 325 Å². The number of aliphatic hydroxyl groups excluding tert-OH is 1. The fourth-order valence-electron chi connectivity index (χ4n) is 7.13. The number of benzene rings is 1. The minimum Gasteiger partial charge on any atom is -0.444 e. The minimum absolute atomic E-state index is 0.124. The van der Waals surface area contributed by atoms with Gasteiger partial charge in [-0.3, -0.25) is 9.59 Å². The number of nitrogens with one attached hydrogen (secondary N) is 4. The SMILES string of the molecule is CCC[C@H](NC(=O)[C@H](Cc1ccccc1)NC(=O)N1CCC(NC(=O)OC(C)(C)C)CC1)C(=O)N[C@@H](CC1CCCCC1)[C@@H](O)CCSc1ccccn1. The Kier molecular flexibility index (Phi) is 17.4. The molecule has 2 heterocycles. The number of aliphatic hydroxyl groups is 1. The Morgan fingerprint density at radius 3 is 2.22 bits per heavy atom. The van der Waals surface area contributed by atoms with Gasteiger partial charge >= 0.3 is 12.1 Å². The molecule has 4 rings (SSSR count). The van der Waals surface area contributed by atoms with Gasteiger partial charge in [0.2, 0.25) is 11.8 Å². The van der Waals surface area contributed by atoms with Crippen LogP contribution in [0.2, 0.25) is 0 Å². The number of pyridine rings is 1. The van der Waals surface area contributed by atoms with Gasteiger partial charge in [0.05, 0.1) is 17.2 Å². The van der Waals surface area contributed by atoms with Crippen molar-refractivity contribution in [1.29, 1.82) is 0 Å². The molecule has 1 saturated carbocycles. The van der Waals surface area contributed by atoms with E-state index in [9.17, 15) is 24.3 Å². The van der Waals surface area contributed by atoms with Crippen LogP contribution in [0.25, 0.3) is 0 Å². The lowest BCUT2D eigenvalue weighted by Crippen LogP contribution is -2.58. The number of piperidine rings is 1. The number of hydrogen-bond acceptors (Lipinski definition) is 8. The topological polar surface area (TPSA) is 162 Å². The molecule has 54 heavy (non-hydrogen) atoms. The van der Waals surface area contributed by atoms with Gasteiger partial charge in [-0.2, -0.15) is 0 Å². The predicted molar refractivity (Wildman–Crippen MR) is 212 cm³/mol. The molecule has 1 aromatic heterocycles. The molecule has 0 unspecified atom stereocenters. The molecule has 1 aliphatic heterocycles. The third-order valence-electron chi connectivity index (χ3n) is 10.0. The number of carbonyl (C=O) groups excluding carboxylic acids is 4. The van der Waals surface area contributed by atoms with Gasteiger partial charge in [0.25, 0.3) is 0 Å². The fourth-order valence-corrected chi connectivity index (χ4v) is 8.00. The lowest BCUT2D eigenvalue weighted by molar-refractivity contribution is -0.131. The molecular weight excluding hydrogens is 705 g/mol. The highest BCUT2D eigenvalue weighted by molar-refractivity contribution is 7.99. The fraction of sp³-hybridized carbons (Fsp3) is 0.634. The molecular formula is C41H62N6O6S. The number of urea groups is 1. The van der Waals surface area contributed by atoms with Crippen LogP contribution in [-0.4, -0.2) is 93.6 Å². The quantitative estimate of drug-likeness (QED) is 0.123. The smallest absolute Gasteiger partial charge is 0.407 e. The number of ether oxygens (including phenoxy) is 1. The number of amides is 5. The molecule has 5 amide bonds. The van der Waals surface area contributed by atoms with E-state index in [1.807, 2.05) is 76.2 Å². The average molecular weight is 767 g/mol. The number of carbonyl (C=O) groups is 4. The van der Waals surface area contributed by atoms with Crippen molar-refractivity contribution in [3.63, 3.8) is 0 Å². The summed E-state index contributed by atoms with van der Waals surface area (Å²) in [6.45, 7) is 8.19. The van der Waals surface area contributed by atoms with Crippen molar-refractivity contribution in [2.24, 2.45) is 5.92 Å². The molecule has 2 fully saturated rings. The van der Waals surface area contributed by atoms with E-state index >= 15 is 0 Å². The van der Waals surface area contributed by atoms with Crippen LogP contribution in [-0.2, 0) is 20.7 Å². The highest BCUT2D eigenvalue weighted by Gasteiger charge is 2.33. The molecule has 0 bridgehead atoms. The highest BCUT2D eigenvalue weighted by Crippen LogP contribution is 2.29. The van der Waals surface area contributed by atoms with Gasteiger partial charge in [0.15, 0.2) is 0 Å². The summed E-state index contributed by atoms with van der Waals surface area (Å²) in [6.07, 6.45) is 9.77. The van der Waals surface area contributed by atoms with E-state index in [0.29, 0.717) is 63.3 Å². The first-order chi connectivity index (χ1) is 25.9. The second-order valence-electron chi connectivity index (χ2n) is 15.7. The van der Waals surface area contributed by atoms with Gasteiger partial charge in [-0.1, -0.05) is 81.8 Å². The van der Waals surface area contributed by atoms with Crippen LogP contribution in [0.1, 0.15) is 104 Å². The summed E-state index contributed by atoms with van der Waals surface area (Å²) in [7, 11) is 0. The Morgan fingerprint density at radius 1 is 0.889 bits per heavy atom. The summed E-state index contributed by atoms with van der Waals surface area (Å²) >= 11 is 1.58. The molecule has 12 nitrogen and oxygen atoms in total. The number of rotatable bonds is 17. The van der Waals surface area contributed by atoms with Crippen molar-refractivity contribution < 1.29 is 29.0 Å². The first kappa shape index (κ1) is 42.9. The highest BCUT2D eigenvalue weighted by atomic mass is 32.2. The van der Waals surface area contributed by atoms with Crippen LogP contribution in [0.4, 0.5) is 9.59 Å². The summed E-state index contributed by atoms with van der Waals surface area (Å²) < 4.78 is 5.38. The second-order valence-corrected chi connectivity index (χ2v) is 16.8. The van der Waals surface area contributed by atoms with Crippen LogP contribution >= 0.6 is 11.8 Å². The Hall–Kier alpha value is -3.84. The molecule has 298 valence electrons. The van der Waals surface area contributed by atoms with Crippen molar-refractivity contribution in [3.05, 3.63) is 60.3 Å². The molecule has 1 aliphatic carbocycles. The second kappa shape index (κ2) is 21.9. The molecule has 13 heteroatoms. The predicted octanol–water partition coefficient (Wildman–Crippen LogP) is 5.97. The van der Waals surface area contributed by atoms with E-state index in [4.69, 9.17) is 4.74 Å². The van der Waals surface area contributed by atoms with Gasteiger partial charge in [-0.05, 0) is 76.5 Å². The van der Waals surface area contributed by atoms with Crippen LogP contribution in [0.15, 0.2) is 59.8 Å². The van der Waals surface area contributed by atoms with E-state index in [1.165, 1.54) is 6.42 Å². The molecule has 1 aromatic carbocycles. The van der Waals surface area contributed by atoms with Crippen molar-refractivity contribution in [2.45, 2.75) is 146 Å². The molecule has 1 saturated heterocycles. The third kappa shape index (κ3) is 15.1. The Morgan fingerprint density at radius 2 is 1.57 bits per heavy atom. The van der Waals surface area contributed by atoms with E-state index in [0.717, 1.165) is 36.3 Å². The van der Waals surface area contributed by atoms with Gasteiger partial charge < -0.3 is 36.0 Å². The van der Waals surface area contributed by atoms with E-state index in [1.54, 1.807) is 22.9 Å². The number of aromatic nitrogens is 1. The number of thioether (sulfide) groups is 1. The summed E-state index contributed by atoms with van der Waals surface area (Å²) in [5, 5.41) is 24.3. The van der Waals surface area contributed by atoms with Gasteiger partial charge in [-0.25, -0.2) is 14.6 Å². The molecule has 2 aliphatic rings. The van der Waals surface area contributed by atoms with Crippen LogP contribution in [0, 0.1) is 5.92 Å². The maximum atomic E-state index is 14.0. The third-order valence-corrected chi connectivity index (χ3v) is 11.0. The lowest BCUT2D eigenvalue weighted by atomic mass is 9.83. The summed E-state index contributed by atoms with van der Waals surface area (Å²) in [6, 6.07) is 12.5. The first-order valence-corrected chi connectivity index (χ1v) is 20.8. The Bertz CT molecular complexity index is 1450. The zero-order chi connectivity index (χ0) is 38.9. The average Bonchev–Trinajstić information content (AvgIpc) is 3.14. The molecule has 5 N–H and O–H groups in total. The number of alkyl carbamates (subject to hydrolysis) is 1. The number of nitrogens with zero attached hydrogens (tertiary/aromatic N) is 2. The molecule has 0 radical (unpaired) electrons. The van der Waals surface area contributed by atoms with Gasteiger partial charge in [-0.15, -0.1) is 11.8 Å². The monoisotopic (exact) mass is 766 g/mol. The van der Waals surface area contributed by atoms with Crippen molar-refractivity contribution in [2.75, 3.05) is 18.8 Å². The molecule has 2 aromatic rings. The van der Waals surface area contributed by atoms with Crippen molar-refractivity contribution >= 4 is 35.7 Å². The van der Waals surface area contributed by atoms with Crippen molar-refractivity contribution in [3.8, 4) is 0 Å². The zero-order valence-corrected chi connectivity index (χ0v) is 33.4. The normalized spacial score (nSPS) is 17.8. The maximum Gasteiger partial charge on any atom is 0.407 e. The van der Waals surface area contributed by atoms with Crippen LogP contribution in [0.5, 0.6) is 0 Å². The molecule has 0 spiro atoms. The Balaban J connectivity index is 1.39. The summed E-state index contributed by atoms with van der Waals surface area (Å²) in [5.74, 6) is 0.304. The van der Waals surface area contributed by atoms with Gasteiger partial charge in [0.1, 0.15) is 17.7 Å². The lowest BCUT2D eigenvalue weighted by Gasteiger charge is -2.34. The zero-order valence-electron chi connectivity index (χ0n) is 32.6. The number of likely N-dealkylation sites (tertiary alicyclic amines) is 1. The van der Waals surface area contributed by atoms with Crippen molar-refractivity contribution in [1.82, 2.24) is 31.2 Å². The summed E-state index contributed by atoms with van der Waals surface area (Å²) in [4.78, 5) is 59.8. The van der Waals surface area contributed by atoms with E-state index in [-0.39, 0.29) is 24.4 Å². The van der Waals surface area contributed by atoms with Crippen LogP contribution in [0.3, 0.4) is 0 Å². The van der Waals surface area contributed by atoms with E-state index < -0.39 is 41.8 Å². The standard InChI is InChI=1S/C41H62N6O6S/c1-5-14-32(37(49)45-33(27-29-15-8-6-9-16-29)35(48)22-26-54-36-19-12-13-23-42-36)44-38(50)34(28-30-17-10-7-11-18-30)46-39(51)47-24-20-31(21-25-47)43-40(52)53-41(2,3)4/h7,10-13,17-19,23,29,31-35,48H,5-6,8-9,14-16,20-22,24-28H2,1-4H3,(H,43,52)(H,44,50)(H,45,49)(H,46,51)/t32-,33-,34-,35-/m0/s1. The van der Waals surface area contributed by atoms with Gasteiger partial charge in [0, 0.05) is 37.5 Å². The van der Waals surface area contributed by atoms with Crippen LogP contribution < -0.4 is 21.3 Å². The maximum absolute atomic E-state index is 14.0. The van der Waals surface area contributed by atoms with E-state index in [2.05, 4.69) is 26.3 Å². The summed E-state index contributed by atoms with van der Waals surface area (Å²) in [5.41, 5.74) is 0.266. The molecule has 4 atom stereocenters. The number of hydrogen-bond donors (Lipinski definition) is 5. The largest absolute Gasteiger partial charge is 0.444 e. The minimum atomic E-state index is -0.933.